The fraction of sp³-hybridized carbons (Fsp3) is 0.222. The number of nitrogens with zero attached hydrogens (tertiary/aromatic N) is 4. The lowest BCUT2D eigenvalue weighted by Gasteiger charge is -2.13. The molecule has 1 aromatic heterocycles. The van der Waals surface area contributed by atoms with Crippen LogP contribution < -0.4 is 5.32 Å². The summed E-state index contributed by atoms with van der Waals surface area (Å²) in [5.74, 6) is -2.22. The molecule has 27 heavy (non-hydrogen) atoms. The molecule has 0 fully saturated rings. The molecule has 9 heteroatoms. The number of aryl methyl sites for hydroxylation is 2. The zero-order valence-electron chi connectivity index (χ0n) is 14.9. The largest absolute Gasteiger partial charge is 0.320 e. The number of thioether (sulfide) groups is 1. The second-order valence-corrected chi connectivity index (χ2v) is 7.32. The predicted octanol–water partition coefficient (Wildman–Crippen LogP) is 3.68. The van der Waals surface area contributed by atoms with Crippen LogP contribution in [0, 0.1) is 25.5 Å². The molecule has 6 nitrogen and oxygen atoms in total. The number of nitrogens with one attached hydrogen (secondary N) is 1. The molecule has 3 aromatic rings. The number of amides is 1. The SMILES string of the molecule is Cc1ccc(-n2nnnc2SC(C)C(=O)Nc2c(F)cccc2F)c(C)c1. The van der Waals surface area contributed by atoms with E-state index < -0.39 is 28.5 Å². The number of carbonyl (C=O) groups is 1. The lowest BCUT2D eigenvalue weighted by atomic mass is 10.1. The molecule has 1 N–H and O–H groups in total. The first kappa shape index (κ1) is 19.0. The summed E-state index contributed by atoms with van der Waals surface area (Å²) < 4.78 is 29.0. The Bertz CT molecular complexity index is 971. The first-order chi connectivity index (χ1) is 12.9. The van der Waals surface area contributed by atoms with E-state index in [2.05, 4.69) is 20.8 Å². The maximum Gasteiger partial charge on any atom is 0.237 e. The molecule has 0 aliphatic carbocycles. The first-order valence-corrected chi connectivity index (χ1v) is 9.02. The van der Waals surface area contributed by atoms with Gasteiger partial charge in [-0.25, -0.2) is 8.78 Å². The van der Waals surface area contributed by atoms with Crippen molar-refractivity contribution in [1.29, 1.82) is 0 Å². The normalized spacial score (nSPS) is 12.0. The summed E-state index contributed by atoms with van der Waals surface area (Å²) in [5.41, 5.74) is 2.41. The molecule has 2 aromatic carbocycles. The van der Waals surface area contributed by atoms with E-state index in [0.29, 0.717) is 5.16 Å². The van der Waals surface area contributed by atoms with Crippen molar-refractivity contribution < 1.29 is 13.6 Å². The van der Waals surface area contributed by atoms with Crippen molar-refractivity contribution in [3.05, 3.63) is 59.2 Å². The summed E-state index contributed by atoms with van der Waals surface area (Å²) in [6, 6.07) is 9.23. The van der Waals surface area contributed by atoms with Crippen LogP contribution in [0.5, 0.6) is 0 Å². The van der Waals surface area contributed by atoms with Crippen molar-refractivity contribution in [2.75, 3.05) is 5.32 Å². The number of aromatic nitrogens is 4. The molecule has 0 spiro atoms. The maximum absolute atomic E-state index is 13.7. The van der Waals surface area contributed by atoms with Crippen molar-refractivity contribution >= 4 is 23.4 Å². The minimum Gasteiger partial charge on any atom is -0.320 e. The van der Waals surface area contributed by atoms with Gasteiger partial charge in [0.1, 0.15) is 17.3 Å². The number of anilines is 1. The molecule has 1 atom stereocenters. The van der Waals surface area contributed by atoms with Gasteiger partial charge in [0.2, 0.25) is 11.1 Å². The van der Waals surface area contributed by atoms with Gasteiger partial charge in [-0.15, -0.1) is 5.10 Å². The Balaban J connectivity index is 1.78. The molecule has 0 bridgehead atoms. The molecule has 0 radical (unpaired) electrons. The zero-order valence-corrected chi connectivity index (χ0v) is 15.7. The highest BCUT2D eigenvalue weighted by molar-refractivity contribution is 8.00. The number of rotatable bonds is 5. The van der Waals surface area contributed by atoms with Crippen LogP contribution in [0.4, 0.5) is 14.5 Å². The molecule has 3 rings (SSSR count). The molecular weight excluding hydrogens is 372 g/mol. The average molecular weight is 389 g/mol. The molecule has 1 heterocycles. The molecule has 1 amide bonds. The number of hydrogen-bond donors (Lipinski definition) is 1. The Kier molecular flexibility index (Phi) is 5.50. The van der Waals surface area contributed by atoms with Crippen molar-refractivity contribution in [2.45, 2.75) is 31.2 Å². The van der Waals surface area contributed by atoms with Gasteiger partial charge in [-0.05, 0) is 55.0 Å². The van der Waals surface area contributed by atoms with Crippen LogP contribution >= 0.6 is 11.8 Å². The maximum atomic E-state index is 13.7. The Morgan fingerprint density at radius 1 is 1.19 bits per heavy atom. The first-order valence-electron chi connectivity index (χ1n) is 8.14. The molecular formula is C18H17F2N5OS. The quantitative estimate of drug-likeness (QED) is 0.674. The monoisotopic (exact) mass is 389 g/mol. The number of para-hydroxylation sites is 1. The molecule has 140 valence electrons. The highest BCUT2D eigenvalue weighted by Crippen LogP contribution is 2.26. The van der Waals surface area contributed by atoms with E-state index in [-0.39, 0.29) is 0 Å². The third kappa shape index (κ3) is 4.13. The van der Waals surface area contributed by atoms with Gasteiger partial charge in [-0.1, -0.05) is 35.5 Å². The summed E-state index contributed by atoms with van der Waals surface area (Å²) in [4.78, 5) is 12.4. The van der Waals surface area contributed by atoms with Crippen LogP contribution in [0.2, 0.25) is 0 Å². The third-order valence-electron chi connectivity index (χ3n) is 3.88. The third-order valence-corrected chi connectivity index (χ3v) is 4.92. The second-order valence-electron chi connectivity index (χ2n) is 6.01. The van der Waals surface area contributed by atoms with Crippen molar-refractivity contribution in [3.63, 3.8) is 0 Å². The van der Waals surface area contributed by atoms with E-state index in [1.54, 1.807) is 6.92 Å². The summed E-state index contributed by atoms with van der Waals surface area (Å²) in [7, 11) is 0. The highest BCUT2D eigenvalue weighted by Gasteiger charge is 2.22. The molecule has 0 saturated heterocycles. The van der Waals surface area contributed by atoms with Gasteiger partial charge in [0.05, 0.1) is 10.9 Å². The highest BCUT2D eigenvalue weighted by atomic mass is 32.2. The number of carbonyl (C=O) groups excluding carboxylic acids is 1. The molecule has 0 aliphatic heterocycles. The molecule has 0 saturated carbocycles. The van der Waals surface area contributed by atoms with E-state index in [0.717, 1.165) is 40.7 Å². The summed E-state index contributed by atoms with van der Waals surface area (Å²) in [5, 5.41) is 13.6. The Hall–Kier alpha value is -2.81. The van der Waals surface area contributed by atoms with Gasteiger partial charge in [0.25, 0.3) is 0 Å². The van der Waals surface area contributed by atoms with Crippen LogP contribution in [-0.4, -0.2) is 31.4 Å². The van der Waals surface area contributed by atoms with E-state index in [1.165, 1.54) is 10.7 Å². The number of hydrogen-bond acceptors (Lipinski definition) is 5. The van der Waals surface area contributed by atoms with Gasteiger partial charge in [0.15, 0.2) is 0 Å². The standard InChI is InChI=1S/C18H17F2N5OS/c1-10-7-8-15(11(2)9-10)25-18(22-23-24-25)27-12(3)17(26)21-16-13(19)5-4-6-14(16)20/h4-9,12H,1-3H3,(H,21,26). The number of halogens is 2. The van der Waals surface area contributed by atoms with Crippen LogP contribution in [0.25, 0.3) is 5.69 Å². The van der Waals surface area contributed by atoms with Gasteiger partial charge in [-0.3, -0.25) is 4.79 Å². The second kappa shape index (κ2) is 7.83. The number of benzene rings is 2. The van der Waals surface area contributed by atoms with Crippen molar-refractivity contribution in [3.8, 4) is 5.69 Å². The van der Waals surface area contributed by atoms with Gasteiger partial charge in [-0.2, -0.15) is 4.68 Å². The van der Waals surface area contributed by atoms with Crippen molar-refractivity contribution in [1.82, 2.24) is 20.2 Å². The average Bonchev–Trinajstić information content (AvgIpc) is 3.06. The smallest absolute Gasteiger partial charge is 0.237 e. The van der Waals surface area contributed by atoms with Crippen LogP contribution in [0.1, 0.15) is 18.1 Å². The van der Waals surface area contributed by atoms with Gasteiger partial charge < -0.3 is 5.32 Å². The van der Waals surface area contributed by atoms with Crippen LogP contribution in [-0.2, 0) is 4.79 Å². The summed E-state index contributed by atoms with van der Waals surface area (Å²) >= 11 is 1.09. The van der Waals surface area contributed by atoms with E-state index in [9.17, 15) is 13.6 Å². The number of tetrazole rings is 1. The Morgan fingerprint density at radius 3 is 2.56 bits per heavy atom. The predicted molar refractivity (Wildman–Crippen MR) is 98.9 cm³/mol. The van der Waals surface area contributed by atoms with E-state index in [4.69, 9.17) is 0 Å². The van der Waals surface area contributed by atoms with E-state index in [1.807, 2.05) is 32.0 Å². The van der Waals surface area contributed by atoms with Crippen LogP contribution in [0.3, 0.4) is 0 Å². The van der Waals surface area contributed by atoms with Gasteiger partial charge in [0, 0.05) is 0 Å². The topological polar surface area (TPSA) is 72.7 Å². The minimum atomic E-state index is -0.833. The lowest BCUT2D eigenvalue weighted by molar-refractivity contribution is -0.115. The Labute approximate surface area is 159 Å². The molecule has 1 unspecified atom stereocenters. The van der Waals surface area contributed by atoms with E-state index >= 15 is 0 Å². The fourth-order valence-corrected chi connectivity index (χ4v) is 3.30. The van der Waals surface area contributed by atoms with Crippen LogP contribution in [0.15, 0.2) is 41.6 Å². The summed E-state index contributed by atoms with van der Waals surface area (Å²) in [6.07, 6.45) is 0. The van der Waals surface area contributed by atoms with Crippen molar-refractivity contribution in [2.24, 2.45) is 0 Å². The van der Waals surface area contributed by atoms with Gasteiger partial charge >= 0.3 is 0 Å². The Morgan fingerprint density at radius 2 is 1.89 bits per heavy atom. The molecule has 0 aliphatic rings. The fourth-order valence-electron chi connectivity index (χ4n) is 2.50. The zero-order chi connectivity index (χ0) is 19.6. The summed E-state index contributed by atoms with van der Waals surface area (Å²) in [6.45, 7) is 5.54. The minimum absolute atomic E-state index is 0.401. The lowest BCUT2D eigenvalue weighted by Crippen LogP contribution is -2.24.